The Labute approximate surface area is 130 Å². The van der Waals surface area contributed by atoms with Gasteiger partial charge in [0.15, 0.2) is 0 Å². The van der Waals surface area contributed by atoms with E-state index in [1.165, 1.54) is 0 Å². The lowest BCUT2D eigenvalue weighted by atomic mass is 10.2. The van der Waals surface area contributed by atoms with Gasteiger partial charge in [-0.1, -0.05) is 33.6 Å². The van der Waals surface area contributed by atoms with Crippen LogP contribution in [0.2, 0.25) is 5.02 Å². The second-order valence-corrected chi connectivity index (χ2v) is 6.75. The number of hydrogen-bond donors (Lipinski definition) is 1. The molecular formula is C13H9BrClF2NOS. The van der Waals surface area contributed by atoms with E-state index in [2.05, 4.69) is 15.9 Å². The predicted octanol–water partition coefficient (Wildman–Crippen LogP) is 4.27. The molecule has 0 amide bonds. The highest BCUT2D eigenvalue weighted by Gasteiger charge is 2.18. The molecule has 0 aliphatic carbocycles. The third-order valence-corrected chi connectivity index (χ3v) is 4.81. The van der Waals surface area contributed by atoms with E-state index in [1.807, 2.05) is 0 Å². The van der Waals surface area contributed by atoms with Crippen molar-refractivity contribution in [3.63, 3.8) is 0 Å². The molecule has 0 radical (unpaired) electrons. The van der Waals surface area contributed by atoms with Gasteiger partial charge in [0.2, 0.25) is 0 Å². The zero-order chi connectivity index (χ0) is 14.9. The second kappa shape index (κ2) is 6.20. The Morgan fingerprint density at radius 1 is 1.20 bits per heavy atom. The zero-order valence-corrected chi connectivity index (χ0v) is 13.2. The van der Waals surface area contributed by atoms with E-state index in [0.29, 0.717) is 10.6 Å². The van der Waals surface area contributed by atoms with Gasteiger partial charge < -0.3 is 5.73 Å². The molecule has 106 valence electrons. The predicted molar refractivity (Wildman–Crippen MR) is 80.0 cm³/mol. The molecule has 1 unspecified atom stereocenters. The van der Waals surface area contributed by atoms with Crippen LogP contribution in [-0.2, 0) is 16.6 Å². The van der Waals surface area contributed by atoms with Crippen LogP contribution >= 0.6 is 27.5 Å². The van der Waals surface area contributed by atoms with Crippen molar-refractivity contribution in [1.82, 2.24) is 0 Å². The summed E-state index contributed by atoms with van der Waals surface area (Å²) in [7, 11) is -1.89. The summed E-state index contributed by atoms with van der Waals surface area (Å²) in [6.45, 7) is 0. The summed E-state index contributed by atoms with van der Waals surface area (Å²) in [6, 6.07) is 6.88. The van der Waals surface area contributed by atoms with Crippen molar-refractivity contribution >= 4 is 44.0 Å². The van der Waals surface area contributed by atoms with Crippen molar-refractivity contribution in [2.24, 2.45) is 0 Å². The molecule has 2 aromatic carbocycles. The minimum absolute atomic E-state index is 0.0533. The molecule has 0 fully saturated rings. The molecule has 0 saturated carbocycles. The Hall–Kier alpha value is -0.980. The fourth-order valence-corrected chi connectivity index (χ4v) is 3.70. The normalized spacial score (nSPS) is 12.4. The lowest BCUT2D eigenvalue weighted by Crippen LogP contribution is -2.04. The van der Waals surface area contributed by atoms with Gasteiger partial charge in [-0.15, -0.1) is 0 Å². The maximum absolute atomic E-state index is 13.7. The number of halogens is 4. The van der Waals surface area contributed by atoms with Crippen molar-refractivity contribution in [3.8, 4) is 0 Å². The Kier molecular flexibility index (Phi) is 4.78. The Morgan fingerprint density at radius 3 is 2.35 bits per heavy atom. The number of benzene rings is 2. The van der Waals surface area contributed by atoms with Crippen LogP contribution in [0.1, 0.15) is 5.56 Å². The summed E-state index contributed by atoms with van der Waals surface area (Å²) < 4.78 is 40.2. The Balaban J connectivity index is 2.33. The van der Waals surface area contributed by atoms with Crippen molar-refractivity contribution < 1.29 is 13.0 Å². The van der Waals surface area contributed by atoms with Gasteiger partial charge in [0.25, 0.3) is 0 Å². The van der Waals surface area contributed by atoms with E-state index in [4.69, 9.17) is 17.3 Å². The van der Waals surface area contributed by atoms with Gasteiger partial charge in [-0.3, -0.25) is 4.21 Å². The molecule has 0 saturated heterocycles. The maximum Gasteiger partial charge on any atom is 0.144 e. The van der Waals surface area contributed by atoms with Gasteiger partial charge in [-0.25, -0.2) is 8.78 Å². The molecule has 0 aliphatic heterocycles. The molecule has 7 heteroatoms. The summed E-state index contributed by atoms with van der Waals surface area (Å²) in [4.78, 5) is -0.488. The first kappa shape index (κ1) is 15.4. The summed E-state index contributed by atoms with van der Waals surface area (Å²) in [5, 5.41) is 0.379. The fraction of sp³-hybridized carbons (Fsp3) is 0.0769. The molecule has 20 heavy (non-hydrogen) atoms. The molecule has 2 aromatic rings. The van der Waals surface area contributed by atoms with Crippen LogP contribution in [-0.4, -0.2) is 4.21 Å². The van der Waals surface area contributed by atoms with Gasteiger partial charge in [0.05, 0.1) is 16.6 Å². The minimum Gasteiger partial charge on any atom is -0.399 e. The first-order chi connectivity index (χ1) is 9.38. The third-order valence-electron chi connectivity index (χ3n) is 2.55. The highest BCUT2D eigenvalue weighted by molar-refractivity contribution is 9.10. The monoisotopic (exact) mass is 379 g/mol. The van der Waals surface area contributed by atoms with Gasteiger partial charge in [-0.05, 0) is 29.8 Å². The van der Waals surface area contributed by atoms with Crippen molar-refractivity contribution in [3.05, 3.63) is 57.0 Å². The largest absolute Gasteiger partial charge is 0.399 e. The molecule has 1 atom stereocenters. The van der Waals surface area contributed by atoms with Crippen LogP contribution in [0.15, 0.2) is 39.7 Å². The number of rotatable bonds is 3. The summed E-state index contributed by atoms with van der Waals surface area (Å²) in [5.41, 5.74) is 5.81. The molecule has 2 rings (SSSR count). The average molecular weight is 381 g/mol. The molecule has 0 bridgehead atoms. The zero-order valence-electron chi connectivity index (χ0n) is 10.00. The van der Waals surface area contributed by atoms with Crippen molar-refractivity contribution in [1.29, 1.82) is 0 Å². The smallest absolute Gasteiger partial charge is 0.144 e. The van der Waals surface area contributed by atoms with Crippen LogP contribution in [0.5, 0.6) is 0 Å². The van der Waals surface area contributed by atoms with E-state index in [9.17, 15) is 13.0 Å². The number of nitrogen functional groups attached to an aromatic ring is 1. The van der Waals surface area contributed by atoms with Crippen LogP contribution in [0.25, 0.3) is 0 Å². The van der Waals surface area contributed by atoms with Gasteiger partial charge in [-0.2, -0.15) is 0 Å². The highest BCUT2D eigenvalue weighted by Crippen LogP contribution is 2.26. The molecule has 0 aliphatic rings. The summed E-state index contributed by atoms with van der Waals surface area (Å²) in [6.07, 6.45) is 0. The van der Waals surface area contributed by atoms with Crippen LogP contribution in [0.3, 0.4) is 0 Å². The second-order valence-electron chi connectivity index (χ2n) is 4.04. The van der Waals surface area contributed by atoms with E-state index in [-0.39, 0.29) is 11.4 Å². The lowest BCUT2D eigenvalue weighted by molar-refractivity contribution is 0.535. The Bertz CT molecular complexity index is 673. The summed E-state index contributed by atoms with van der Waals surface area (Å²) in [5.74, 6) is -1.92. The minimum atomic E-state index is -1.89. The van der Waals surface area contributed by atoms with E-state index < -0.39 is 27.3 Å². The molecule has 0 aromatic heterocycles. The van der Waals surface area contributed by atoms with Gasteiger partial charge in [0.1, 0.15) is 16.5 Å². The molecule has 0 heterocycles. The first-order valence-corrected chi connectivity index (χ1v) is 7.94. The summed E-state index contributed by atoms with van der Waals surface area (Å²) >= 11 is 9.24. The third kappa shape index (κ3) is 3.37. The van der Waals surface area contributed by atoms with Crippen LogP contribution < -0.4 is 5.73 Å². The van der Waals surface area contributed by atoms with Crippen LogP contribution in [0, 0.1) is 11.6 Å². The molecular weight excluding hydrogens is 372 g/mol. The SMILES string of the molecule is Nc1cc(F)c(S(=O)Cc2ccc(Br)cc2Cl)c(F)c1. The fourth-order valence-electron chi connectivity index (χ4n) is 1.65. The van der Waals surface area contributed by atoms with Crippen LogP contribution in [0.4, 0.5) is 14.5 Å². The van der Waals surface area contributed by atoms with Crippen molar-refractivity contribution in [2.75, 3.05) is 5.73 Å². The van der Waals surface area contributed by atoms with E-state index in [0.717, 1.165) is 16.6 Å². The molecule has 2 nitrogen and oxygen atoms in total. The number of anilines is 1. The molecule has 2 N–H and O–H groups in total. The topological polar surface area (TPSA) is 43.1 Å². The highest BCUT2D eigenvalue weighted by atomic mass is 79.9. The van der Waals surface area contributed by atoms with Gasteiger partial charge in [0, 0.05) is 15.2 Å². The Morgan fingerprint density at radius 2 is 1.80 bits per heavy atom. The van der Waals surface area contributed by atoms with Gasteiger partial charge >= 0.3 is 0 Å². The van der Waals surface area contributed by atoms with E-state index in [1.54, 1.807) is 18.2 Å². The first-order valence-electron chi connectivity index (χ1n) is 5.45. The average Bonchev–Trinajstić information content (AvgIpc) is 2.31. The molecule has 0 spiro atoms. The van der Waals surface area contributed by atoms with E-state index >= 15 is 0 Å². The number of hydrogen-bond acceptors (Lipinski definition) is 2. The van der Waals surface area contributed by atoms with Crippen molar-refractivity contribution in [2.45, 2.75) is 10.6 Å². The maximum atomic E-state index is 13.7. The quantitative estimate of drug-likeness (QED) is 0.808. The standard InChI is InChI=1S/C13H9BrClF2NOS/c14-8-2-1-7(10(15)3-8)6-20(19)13-11(16)4-9(18)5-12(13)17/h1-5H,6,18H2. The lowest BCUT2D eigenvalue weighted by Gasteiger charge is -2.08. The number of nitrogens with two attached hydrogens (primary N) is 1.